The van der Waals surface area contributed by atoms with Gasteiger partial charge in [0.1, 0.15) is 0 Å². The smallest absolute Gasteiger partial charge is 0.0952 e. The minimum absolute atomic E-state index is 0.748. The van der Waals surface area contributed by atoms with Crippen molar-refractivity contribution in [1.29, 1.82) is 0 Å². The maximum absolute atomic E-state index is 5.00. The Morgan fingerprint density at radius 1 is 1.13 bits per heavy atom. The van der Waals surface area contributed by atoms with Crippen LogP contribution in [0.4, 0.5) is 5.69 Å². The number of furan rings is 1. The fraction of sp³-hybridized carbons (Fsp3) is 0.0909. The third-order valence-electron chi connectivity index (χ3n) is 2.01. The summed E-state index contributed by atoms with van der Waals surface area (Å²) in [6.45, 7) is 0.748. The Balaban J connectivity index is 2.11. The predicted octanol–water partition coefficient (Wildman–Crippen LogP) is 4.42. The van der Waals surface area contributed by atoms with E-state index in [0.717, 1.165) is 26.7 Å². The van der Waals surface area contributed by atoms with Crippen LogP contribution in [0.5, 0.6) is 0 Å². The standard InChI is InChI=1S/C11H9Br2NO/c12-9-2-1-3-10(13)11(9)14-6-8-4-5-15-7-8/h1-5,7,14H,6H2. The van der Waals surface area contributed by atoms with Gasteiger partial charge in [-0.1, -0.05) is 6.07 Å². The van der Waals surface area contributed by atoms with Crippen LogP contribution in [0, 0.1) is 0 Å². The van der Waals surface area contributed by atoms with E-state index in [1.807, 2.05) is 24.3 Å². The monoisotopic (exact) mass is 329 g/mol. The van der Waals surface area contributed by atoms with Gasteiger partial charge >= 0.3 is 0 Å². The summed E-state index contributed by atoms with van der Waals surface area (Å²) >= 11 is 6.99. The Labute approximate surface area is 105 Å². The Morgan fingerprint density at radius 3 is 2.47 bits per heavy atom. The largest absolute Gasteiger partial charge is 0.472 e. The van der Waals surface area contributed by atoms with E-state index >= 15 is 0 Å². The van der Waals surface area contributed by atoms with Crippen molar-refractivity contribution in [1.82, 2.24) is 0 Å². The van der Waals surface area contributed by atoms with Crippen LogP contribution in [0.2, 0.25) is 0 Å². The zero-order valence-corrected chi connectivity index (χ0v) is 11.0. The molecular formula is C11H9Br2NO. The van der Waals surface area contributed by atoms with Crippen molar-refractivity contribution in [2.24, 2.45) is 0 Å². The molecule has 0 spiro atoms. The van der Waals surface area contributed by atoms with Gasteiger partial charge in [0, 0.05) is 21.1 Å². The van der Waals surface area contributed by atoms with Gasteiger partial charge in [-0.25, -0.2) is 0 Å². The molecule has 15 heavy (non-hydrogen) atoms. The molecule has 0 radical (unpaired) electrons. The predicted molar refractivity (Wildman–Crippen MR) is 67.9 cm³/mol. The van der Waals surface area contributed by atoms with Crippen LogP contribution in [0.15, 0.2) is 50.2 Å². The van der Waals surface area contributed by atoms with Gasteiger partial charge < -0.3 is 9.73 Å². The van der Waals surface area contributed by atoms with Crippen LogP contribution >= 0.6 is 31.9 Å². The topological polar surface area (TPSA) is 25.2 Å². The molecule has 0 saturated carbocycles. The van der Waals surface area contributed by atoms with Crippen LogP contribution in [0.3, 0.4) is 0 Å². The molecule has 0 bridgehead atoms. The Morgan fingerprint density at radius 2 is 1.87 bits per heavy atom. The van der Waals surface area contributed by atoms with Crippen molar-refractivity contribution in [2.75, 3.05) is 5.32 Å². The number of para-hydroxylation sites is 1. The second kappa shape index (κ2) is 4.86. The quantitative estimate of drug-likeness (QED) is 0.901. The fourth-order valence-electron chi connectivity index (χ4n) is 1.25. The maximum Gasteiger partial charge on any atom is 0.0952 e. The van der Waals surface area contributed by atoms with Gasteiger partial charge in [-0.15, -0.1) is 0 Å². The normalized spacial score (nSPS) is 10.3. The molecule has 1 N–H and O–H groups in total. The number of anilines is 1. The van der Waals surface area contributed by atoms with Gasteiger partial charge in [-0.2, -0.15) is 0 Å². The second-order valence-corrected chi connectivity index (χ2v) is 4.79. The van der Waals surface area contributed by atoms with Gasteiger partial charge in [-0.05, 0) is 50.1 Å². The molecule has 4 heteroatoms. The van der Waals surface area contributed by atoms with Crippen molar-refractivity contribution < 1.29 is 4.42 Å². The van der Waals surface area contributed by atoms with Crippen molar-refractivity contribution in [3.63, 3.8) is 0 Å². The molecular weight excluding hydrogens is 322 g/mol. The highest BCUT2D eigenvalue weighted by molar-refractivity contribution is 9.11. The molecule has 0 saturated heterocycles. The summed E-state index contributed by atoms with van der Waals surface area (Å²) in [5.41, 5.74) is 2.18. The molecule has 0 fully saturated rings. The molecule has 2 rings (SSSR count). The zero-order chi connectivity index (χ0) is 10.7. The Bertz CT molecular complexity index is 420. The van der Waals surface area contributed by atoms with E-state index in [9.17, 15) is 0 Å². The van der Waals surface area contributed by atoms with Crippen molar-refractivity contribution >= 4 is 37.5 Å². The first kappa shape index (κ1) is 10.8. The van der Waals surface area contributed by atoms with E-state index in [0.29, 0.717) is 0 Å². The first-order valence-corrected chi connectivity index (χ1v) is 6.05. The number of nitrogens with one attached hydrogen (secondary N) is 1. The number of benzene rings is 1. The molecule has 2 aromatic rings. The van der Waals surface area contributed by atoms with E-state index < -0.39 is 0 Å². The number of hydrogen-bond donors (Lipinski definition) is 1. The van der Waals surface area contributed by atoms with Crippen molar-refractivity contribution in [3.8, 4) is 0 Å². The second-order valence-electron chi connectivity index (χ2n) is 3.08. The molecule has 1 aromatic carbocycles. The number of rotatable bonds is 3. The third kappa shape index (κ3) is 2.63. The summed E-state index contributed by atoms with van der Waals surface area (Å²) in [5, 5.41) is 3.33. The molecule has 0 aliphatic heterocycles. The first-order chi connectivity index (χ1) is 7.27. The lowest BCUT2D eigenvalue weighted by molar-refractivity contribution is 0.564. The minimum Gasteiger partial charge on any atom is -0.472 e. The summed E-state index contributed by atoms with van der Waals surface area (Å²) in [7, 11) is 0. The molecule has 0 amide bonds. The maximum atomic E-state index is 5.00. The third-order valence-corrected chi connectivity index (χ3v) is 3.33. The first-order valence-electron chi connectivity index (χ1n) is 4.46. The van der Waals surface area contributed by atoms with Crippen LogP contribution in [-0.2, 0) is 6.54 Å². The van der Waals surface area contributed by atoms with Gasteiger partial charge in [0.05, 0.1) is 18.2 Å². The molecule has 1 aromatic heterocycles. The molecule has 0 aliphatic carbocycles. The molecule has 2 nitrogen and oxygen atoms in total. The summed E-state index contributed by atoms with van der Waals surface area (Å²) in [6, 6.07) is 7.93. The highest BCUT2D eigenvalue weighted by atomic mass is 79.9. The molecule has 0 atom stereocenters. The number of halogens is 2. The molecule has 78 valence electrons. The van der Waals surface area contributed by atoms with Gasteiger partial charge in [-0.3, -0.25) is 0 Å². The Hall–Kier alpha value is -0.740. The van der Waals surface area contributed by atoms with Crippen LogP contribution in [0.25, 0.3) is 0 Å². The van der Waals surface area contributed by atoms with Gasteiger partial charge in [0.25, 0.3) is 0 Å². The average Bonchev–Trinajstić information content (AvgIpc) is 2.70. The highest BCUT2D eigenvalue weighted by Crippen LogP contribution is 2.30. The summed E-state index contributed by atoms with van der Waals surface area (Å²) in [5.74, 6) is 0. The highest BCUT2D eigenvalue weighted by Gasteiger charge is 2.03. The lowest BCUT2D eigenvalue weighted by Gasteiger charge is -2.09. The van der Waals surface area contributed by atoms with Gasteiger partial charge in [0.2, 0.25) is 0 Å². The number of hydrogen-bond acceptors (Lipinski definition) is 2. The molecule has 0 unspecified atom stereocenters. The van der Waals surface area contributed by atoms with Crippen LogP contribution < -0.4 is 5.32 Å². The Kier molecular flexibility index (Phi) is 3.49. The van der Waals surface area contributed by atoms with E-state index in [1.165, 1.54) is 0 Å². The summed E-state index contributed by atoms with van der Waals surface area (Å²) in [4.78, 5) is 0. The van der Waals surface area contributed by atoms with Gasteiger partial charge in [0.15, 0.2) is 0 Å². The fourth-order valence-corrected chi connectivity index (χ4v) is 2.53. The van der Waals surface area contributed by atoms with E-state index in [-0.39, 0.29) is 0 Å². The average molecular weight is 331 g/mol. The van der Waals surface area contributed by atoms with E-state index in [1.54, 1.807) is 12.5 Å². The van der Waals surface area contributed by atoms with Crippen molar-refractivity contribution in [2.45, 2.75) is 6.54 Å². The lowest BCUT2D eigenvalue weighted by Crippen LogP contribution is -1.99. The van der Waals surface area contributed by atoms with Crippen molar-refractivity contribution in [3.05, 3.63) is 51.3 Å². The SMILES string of the molecule is Brc1cccc(Br)c1NCc1ccoc1. The molecule has 0 aliphatic rings. The minimum atomic E-state index is 0.748. The summed E-state index contributed by atoms with van der Waals surface area (Å²) in [6.07, 6.45) is 3.41. The van der Waals surface area contributed by atoms with Crippen LogP contribution in [0.1, 0.15) is 5.56 Å². The van der Waals surface area contributed by atoms with Crippen LogP contribution in [-0.4, -0.2) is 0 Å². The van der Waals surface area contributed by atoms with E-state index in [2.05, 4.69) is 37.2 Å². The van der Waals surface area contributed by atoms with E-state index in [4.69, 9.17) is 4.42 Å². The zero-order valence-electron chi connectivity index (χ0n) is 7.84. The summed E-state index contributed by atoms with van der Waals surface area (Å²) < 4.78 is 7.08. The molecule has 1 heterocycles. The lowest BCUT2D eigenvalue weighted by atomic mass is 10.3.